The number of aromatic nitrogens is 4. The van der Waals surface area contributed by atoms with Crippen molar-refractivity contribution in [3.8, 4) is 0 Å². The summed E-state index contributed by atoms with van der Waals surface area (Å²) in [5.74, 6) is -0.693. The fraction of sp³-hybridized carbons (Fsp3) is 0.367. The Bertz CT molecular complexity index is 1550. The van der Waals surface area contributed by atoms with Crippen molar-refractivity contribution in [1.82, 2.24) is 30.4 Å². The maximum Gasteiger partial charge on any atom is 0.270 e. The summed E-state index contributed by atoms with van der Waals surface area (Å²) < 4.78 is 7.45. The first kappa shape index (κ1) is 28.3. The topological polar surface area (TPSA) is 123 Å². The third-order valence-corrected chi connectivity index (χ3v) is 7.35. The molecular weight excluding hydrogens is 517 g/mol. The minimum Gasteiger partial charge on any atom is -0.381 e. The molecule has 3 N–H and O–H groups in total. The van der Waals surface area contributed by atoms with E-state index in [-0.39, 0.29) is 35.8 Å². The predicted octanol–water partition coefficient (Wildman–Crippen LogP) is 2.12. The zero-order valence-corrected chi connectivity index (χ0v) is 23.9. The Labute approximate surface area is 240 Å². The van der Waals surface area contributed by atoms with Gasteiger partial charge in [-0.25, -0.2) is 14.6 Å². The molecular formula is C30H36BN7O3. The number of nitrogens with zero attached hydrogens (tertiary/aromatic N) is 4. The van der Waals surface area contributed by atoms with Gasteiger partial charge in [0.15, 0.2) is 5.65 Å². The van der Waals surface area contributed by atoms with Gasteiger partial charge in [-0.2, -0.15) is 5.10 Å². The summed E-state index contributed by atoms with van der Waals surface area (Å²) in [5, 5.41) is 15.1. The Morgan fingerprint density at radius 2 is 1.71 bits per heavy atom. The molecule has 0 spiro atoms. The minimum absolute atomic E-state index is 0.179. The Kier molecular flexibility index (Phi) is 8.93. The molecule has 5 rings (SSSR count). The third-order valence-electron chi connectivity index (χ3n) is 7.35. The van der Waals surface area contributed by atoms with Crippen LogP contribution in [0.2, 0.25) is 0 Å². The van der Waals surface area contributed by atoms with Crippen LogP contribution in [0.5, 0.6) is 0 Å². The van der Waals surface area contributed by atoms with Crippen molar-refractivity contribution in [3.05, 3.63) is 76.9 Å². The van der Waals surface area contributed by atoms with E-state index in [0.717, 1.165) is 51.8 Å². The zero-order chi connectivity index (χ0) is 28.8. The van der Waals surface area contributed by atoms with Gasteiger partial charge in [0.05, 0.1) is 17.3 Å². The maximum atomic E-state index is 13.2. The lowest BCUT2D eigenvalue weighted by Gasteiger charge is -2.26. The molecule has 0 unspecified atom stereocenters. The lowest BCUT2D eigenvalue weighted by Crippen LogP contribution is -2.30. The van der Waals surface area contributed by atoms with Crippen molar-refractivity contribution in [2.24, 2.45) is 0 Å². The van der Waals surface area contributed by atoms with Crippen LogP contribution in [0.25, 0.3) is 11.0 Å². The average Bonchev–Trinajstić information content (AvgIpc) is 3.42. The summed E-state index contributed by atoms with van der Waals surface area (Å²) >= 11 is 0. The highest BCUT2D eigenvalue weighted by atomic mass is 16.5. The van der Waals surface area contributed by atoms with Crippen molar-refractivity contribution in [2.75, 3.05) is 18.5 Å². The number of pyridine rings is 2. The van der Waals surface area contributed by atoms with Crippen molar-refractivity contribution in [3.63, 3.8) is 0 Å². The summed E-state index contributed by atoms with van der Waals surface area (Å²) in [5.41, 5.74) is 6.12. The average molecular weight is 553 g/mol. The molecule has 3 aromatic heterocycles. The van der Waals surface area contributed by atoms with Crippen LogP contribution in [0.3, 0.4) is 0 Å². The molecule has 1 aliphatic heterocycles. The van der Waals surface area contributed by atoms with Crippen LogP contribution in [-0.2, 0) is 30.8 Å². The number of carbonyl (C=O) groups is 2. The molecule has 1 saturated heterocycles. The van der Waals surface area contributed by atoms with E-state index in [1.54, 1.807) is 18.2 Å². The number of benzene rings is 1. The molecule has 0 atom stereocenters. The molecule has 1 aliphatic rings. The molecule has 1 fully saturated rings. The van der Waals surface area contributed by atoms with Crippen LogP contribution in [0, 0.1) is 0 Å². The first-order valence-electron chi connectivity index (χ1n) is 14.3. The van der Waals surface area contributed by atoms with Gasteiger partial charge >= 0.3 is 0 Å². The van der Waals surface area contributed by atoms with Crippen molar-refractivity contribution < 1.29 is 14.3 Å². The van der Waals surface area contributed by atoms with E-state index in [2.05, 4.69) is 33.0 Å². The van der Waals surface area contributed by atoms with E-state index in [9.17, 15) is 9.59 Å². The molecule has 41 heavy (non-hydrogen) atoms. The number of amides is 2. The highest BCUT2D eigenvalue weighted by molar-refractivity contribution is 6.32. The van der Waals surface area contributed by atoms with Crippen molar-refractivity contribution >= 4 is 41.8 Å². The summed E-state index contributed by atoms with van der Waals surface area (Å²) in [6.07, 6.45) is 4.36. The van der Waals surface area contributed by atoms with Gasteiger partial charge < -0.3 is 20.7 Å². The molecule has 212 valence electrons. The Hall–Kier alpha value is -4.25. The lowest BCUT2D eigenvalue weighted by atomic mass is 9.94. The molecule has 0 radical (unpaired) electrons. The smallest absolute Gasteiger partial charge is 0.270 e. The standard InChI is InChI=1S/C30H36BN7O3/c1-3-24-22(27(35-21-11-13-41-14-12-21)23-18-34-38(4-2)28(23)37-24)17-33-30(40)26-10-6-9-25(36-26)29(39)32-16-19-7-5-8-20(31)15-19/h5-10,15,18,21H,3-4,11-14,16-17,31H2,1-2H3,(H,32,39)(H,33,40)(H,35,37). The molecule has 4 aromatic rings. The minimum atomic E-state index is -0.359. The highest BCUT2D eigenvalue weighted by Crippen LogP contribution is 2.31. The van der Waals surface area contributed by atoms with Crippen LogP contribution in [0.1, 0.15) is 64.5 Å². The van der Waals surface area contributed by atoms with Gasteiger partial charge in [-0.1, -0.05) is 42.7 Å². The maximum absolute atomic E-state index is 13.2. The number of fused-ring (bicyclic) bond motifs is 1. The second-order valence-corrected chi connectivity index (χ2v) is 10.3. The predicted molar refractivity (Wildman–Crippen MR) is 161 cm³/mol. The van der Waals surface area contributed by atoms with Gasteiger partial charge in [0.25, 0.3) is 11.8 Å². The van der Waals surface area contributed by atoms with Crippen LogP contribution in [0.15, 0.2) is 48.7 Å². The third kappa shape index (κ3) is 6.57. The number of ether oxygens (including phenoxy) is 1. The van der Waals surface area contributed by atoms with E-state index < -0.39 is 0 Å². The van der Waals surface area contributed by atoms with Gasteiger partial charge in [0.1, 0.15) is 19.2 Å². The Morgan fingerprint density at radius 1 is 1.00 bits per heavy atom. The van der Waals surface area contributed by atoms with Gasteiger partial charge in [-0.05, 0) is 43.9 Å². The number of hydrogen-bond donors (Lipinski definition) is 3. The number of anilines is 1. The van der Waals surface area contributed by atoms with E-state index in [1.165, 1.54) is 0 Å². The molecule has 0 bridgehead atoms. The molecule has 4 heterocycles. The van der Waals surface area contributed by atoms with E-state index in [0.29, 0.717) is 32.7 Å². The summed E-state index contributed by atoms with van der Waals surface area (Å²) in [6.45, 7) is 6.90. The van der Waals surface area contributed by atoms with Crippen LogP contribution < -0.4 is 21.4 Å². The van der Waals surface area contributed by atoms with E-state index in [1.807, 2.05) is 49.9 Å². The molecule has 1 aromatic carbocycles. The molecule has 11 heteroatoms. The number of aryl methyl sites for hydroxylation is 2. The molecule has 10 nitrogen and oxygen atoms in total. The van der Waals surface area contributed by atoms with Gasteiger partial charge in [0.2, 0.25) is 0 Å². The summed E-state index contributed by atoms with van der Waals surface area (Å²) in [4.78, 5) is 35.3. The zero-order valence-electron chi connectivity index (χ0n) is 23.9. The summed E-state index contributed by atoms with van der Waals surface area (Å²) in [6, 6.07) is 13.1. The largest absolute Gasteiger partial charge is 0.381 e. The van der Waals surface area contributed by atoms with Crippen molar-refractivity contribution in [2.45, 2.75) is 58.8 Å². The molecule has 0 saturated carbocycles. The molecule has 0 aliphatic carbocycles. The summed E-state index contributed by atoms with van der Waals surface area (Å²) in [7, 11) is 2.01. The first-order valence-corrected chi connectivity index (χ1v) is 14.3. The fourth-order valence-corrected chi connectivity index (χ4v) is 5.14. The van der Waals surface area contributed by atoms with Crippen LogP contribution in [-0.4, -0.2) is 58.7 Å². The van der Waals surface area contributed by atoms with Gasteiger partial charge in [-0.3, -0.25) is 9.59 Å². The van der Waals surface area contributed by atoms with Crippen LogP contribution in [0.4, 0.5) is 5.69 Å². The Morgan fingerprint density at radius 3 is 2.39 bits per heavy atom. The van der Waals surface area contributed by atoms with Gasteiger partial charge in [0, 0.05) is 50.1 Å². The second kappa shape index (κ2) is 12.9. The van der Waals surface area contributed by atoms with Crippen LogP contribution >= 0.6 is 0 Å². The second-order valence-electron chi connectivity index (χ2n) is 10.3. The normalized spacial score (nSPS) is 13.7. The van der Waals surface area contributed by atoms with Gasteiger partial charge in [-0.15, -0.1) is 0 Å². The Balaban J connectivity index is 1.34. The first-order chi connectivity index (χ1) is 20.0. The fourth-order valence-electron chi connectivity index (χ4n) is 5.14. The highest BCUT2D eigenvalue weighted by Gasteiger charge is 2.22. The number of nitrogens with one attached hydrogen (secondary N) is 3. The molecule has 2 amide bonds. The quantitative estimate of drug-likeness (QED) is 0.257. The monoisotopic (exact) mass is 553 g/mol. The SMILES string of the molecule is Bc1cccc(CNC(=O)c2cccc(C(=O)NCc3c(CC)nc4c(cnn4CC)c3NC3CCOCC3)n2)c1. The number of hydrogen-bond acceptors (Lipinski definition) is 7. The van der Waals surface area contributed by atoms with E-state index >= 15 is 0 Å². The lowest BCUT2D eigenvalue weighted by molar-refractivity contribution is 0.0904. The van der Waals surface area contributed by atoms with Crippen molar-refractivity contribution in [1.29, 1.82) is 0 Å². The number of carbonyl (C=O) groups excluding carboxylic acids is 2. The number of rotatable bonds is 10. The van der Waals surface area contributed by atoms with E-state index in [4.69, 9.17) is 9.72 Å².